The lowest BCUT2D eigenvalue weighted by molar-refractivity contribution is 0.604. The fourth-order valence-corrected chi connectivity index (χ4v) is 4.33. The maximum atomic E-state index is 6.65. The van der Waals surface area contributed by atoms with Crippen LogP contribution in [0.2, 0.25) is 0 Å². The van der Waals surface area contributed by atoms with Crippen molar-refractivity contribution in [2.45, 2.75) is 30.6 Å². The molecular weight excluding hydrogens is 256 g/mol. The van der Waals surface area contributed by atoms with Crippen molar-refractivity contribution in [2.24, 2.45) is 11.8 Å². The molecule has 0 aliphatic heterocycles. The Morgan fingerprint density at radius 2 is 2.26 bits per heavy atom. The molecule has 0 bridgehead atoms. The molecule has 1 aromatic heterocycles. The van der Waals surface area contributed by atoms with Gasteiger partial charge in [-0.05, 0) is 41.7 Å². The quantitative estimate of drug-likeness (QED) is 0.851. The van der Waals surface area contributed by atoms with E-state index in [1.807, 2.05) is 6.20 Å². The van der Waals surface area contributed by atoms with Gasteiger partial charge in [-0.2, -0.15) is 0 Å². The van der Waals surface area contributed by atoms with Crippen LogP contribution in [0.15, 0.2) is 36.7 Å². The number of benzene rings is 1. The highest BCUT2D eigenvalue weighted by molar-refractivity contribution is 6.21. The minimum absolute atomic E-state index is 0.201. The fourth-order valence-electron chi connectivity index (χ4n) is 3.84. The van der Waals surface area contributed by atoms with Crippen molar-refractivity contribution in [1.82, 2.24) is 9.97 Å². The van der Waals surface area contributed by atoms with E-state index in [0.29, 0.717) is 11.8 Å². The van der Waals surface area contributed by atoms with E-state index in [2.05, 4.69) is 34.2 Å². The van der Waals surface area contributed by atoms with Crippen molar-refractivity contribution >= 4 is 11.6 Å². The predicted octanol–water partition coefficient (Wildman–Crippen LogP) is 3.54. The van der Waals surface area contributed by atoms with Crippen LogP contribution in [0.3, 0.4) is 0 Å². The molecule has 1 aromatic carbocycles. The van der Waals surface area contributed by atoms with Gasteiger partial charge in [0.1, 0.15) is 5.82 Å². The molecule has 0 spiro atoms. The van der Waals surface area contributed by atoms with Gasteiger partial charge in [-0.15, -0.1) is 11.6 Å². The second-order valence-corrected chi connectivity index (χ2v) is 6.32. The van der Waals surface area contributed by atoms with Crippen LogP contribution in [-0.2, 0) is 12.8 Å². The van der Waals surface area contributed by atoms with Crippen molar-refractivity contribution < 1.29 is 0 Å². The lowest BCUT2D eigenvalue weighted by Crippen LogP contribution is -2.09. The van der Waals surface area contributed by atoms with Crippen LogP contribution < -0.4 is 0 Å². The van der Waals surface area contributed by atoms with Gasteiger partial charge < -0.3 is 4.98 Å². The molecule has 4 rings (SSSR count). The summed E-state index contributed by atoms with van der Waals surface area (Å²) in [6.45, 7) is 0. The molecule has 0 radical (unpaired) electrons. The summed E-state index contributed by atoms with van der Waals surface area (Å²) in [5, 5.41) is 0.201. The molecule has 19 heavy (non-hydrogen) atoms. The van der Waals surface area contributed by atoms with E-state index in [9.17, 15) is 0 Å². The minimum atomic E-state index is 0.201. The van der Waals surface area contributed by atoms with Gasteiger partial charge >= 0.3 is 0 Å². The van der Waals surface area contributed by atoms with Crippen molar-refractivity contribution in [2.75, 3.05) is 0 Å². The van der Waals surface area contributed by atoms with E-state index >= 15 is 0 Å². The molecule has 98 valence electrons. The molecule has 3 heteroatoms. The van der Waals surface area contributed by atoms with Crippen molar-refractivity contribution in [3.8, 4) is 0 Å². The second-order valence-electron chi connectivity index (χ2n) is 5.76. The van der Waals surface area contributed by atoms with Crippen LogP contribution in [0.25, 0.3) is 0 Å². The maximum absolute atomic E-state index is 6.65. The van der Waals surface area contributed by atoms with Gasteiger partial charge in [-0.25, -0.2) is 4.98 Å². The zero-order chi connectivity index (χ0) is 12.8. The van der Waals surface area contributed by atoms with E-state index in [4.69, 9.17) is 11.6 Å². The molecule has 2 aliphatic carbocycles. The van der Waals surface area contributed by atoms with E-state index < -0.39 is 0 Å². The Hall–Kier alpha value is -1.28. The van der Waals surface area contributed by atoms with Gasteiger partial charge in [0.15, 0.2) is 0 Å². The van der Waals surface area contributed by atoms with Gasteiger partial charge in [-0.3, -0.25) is 0 Å². The van der Waals surface area contributed by atoms with Crippen molar-refractivity contribution in [1.29, 1.82) is 0 Å². The van der Waals surface area contributed by atoms with Gasteiger partial charge in [-0.1, -0.05) is 24.3 Å². The number of nitrogens with one attached hydrogen (secondary N) is 1. The number of nitrogens with zero attached hydrogens (tertiary/aromatic N) is 1. The molecule has 0 saturated heterocycles. The molecule has 2 aliphatic rings. The average Bonchev–Trinajstić information content (AvgIpc) is 2.98. The van der Waals surface area contributed by atoms with Crippen molar-refractivity contribution in [3.63, 3.8) is 0 Å². The summed E-state index contributed by atoms with van der Waals surface area (Å²) in [7, 11) is 0. The van der Waals surface area contributed by atoms with E-state index in [-0.39, 0.29) is 5.38 Å². The molecule has 1 saturated carbocycles. The van der Waals surface area contributed by atoms with Gasteiger partial charge in [0.05, 0.1) is 0 Å². The number of halogens is 1. The summed E-state index contributed by atoms with van der Waals surface area (Å²) in [5.74, 6) is 3.14. The first kappa shape index (κ1) is 11.5. The number of aromatic nitrogens is 2. The predicted molar refractivity (Wildman–Crippen MR) is 76.4 cm³/mol. The molecule has 1 fully saturated rings. The Kier molecular flexibility index (Phi) is 2.66. The lowest BCUT2D eigenvalue weighted by Gasteiger charge is -2.13. The topological polar surface area (TPSA) is 28.7 Å². The summed E-state index contributed by atoms with van der Waals surface area (Å²) < 4.78 is 0. The molecule has 2 aromatic rings. The summed E-state index contributed by atoms with van der Waals surface area (Å²) in [5.41, 5.74) is 3.09. The van der Waals surface area contributed by atoms with Crippen LogP contribution in [0, 0.1) is 11.8 Å². The molecule has 2 nitrogen and oxygen atoms in total. The number of imidazole rings is 1. The number of fused-ring (bicyclic) bond motifs is 3. The summed E-state index contributed by atoms with van der Waals surface area (Å²) in [6.07, 6.45) is 7.04. The largest absolute Gasteiger partial charge is 0.349 e. The first-order valence-corrected chi connectivity index (χ1v) is 7.48. The lowest BCUT2D eigenvalue weighted by atomic mass is 9.92. The summed E-state index contributed by atoms with van der Waals surface area (Å²) in [4.78, 5) is 7.44. The standard InChI is InChI=1S/C16H17ClN2/c17-13(9-14-18-7-8-19-14)16-12-6-5-10-3-1-2-4-11(10)15(12)16/h1-4,7-8,12-13,15-16H,5-6,9H2,(H,18,19). The second kappa shape index (κ2) is 4.38. The van der Waals surface area contributed by atoms with Gasteiger partial charge in [0.2, 0.25) is 0 Å². The zero-order valence-corrected chi connectivity index (χ0v) is 11.5. The number of aromatic amines is 1. The van der Waals surface area contributed by atoms with Crippen LogP contribution in [0.5, 0.6) is 0 Å². The third-order valence-electron chi connectivity index (χ3n) is 4.75. The maximum Gasteiger partial charge on any atom is 0.107 e. The number of hydrogen-bond donors (Lipinski definition) is 1. The van der Waals surface area contributed by atoms with Gasteiger partial charge in [0, 0.05) is 24.2 Å². The SMILES string of the molecule is ClC(Cc1ncc[nH]1)C1C2CCc3ccccc3C21. The number of rotatable bonds is 3. The normalized spacial score (nSPS) is 29.4. The summed E-state index contributed by atoms with van der Waals surface area (Å²) in [6, 6.07) is 8.88. The smallest absolute Gasteiger partial charge is 0.107 e. The first-order valence-electron chi connectivity index (χ1n) is 7.04. The highest BCUT2D eigenvalue weighted by Gasteiger charge is 2.55. The van der Waals surface area contributed by atoms with E-state index in [0.717, 1.165) is 18.2 Å². The highest BCUT2D eigenvalue weighted by Crippen LogP contribution is 2.62. The molecule has 1 heterocycles. The molecule has 0 amide bonds. The first-order chi connectivity index (χ1) is 9.34. The monoisotopic (exact) mass is 272 g/mol. The molecule has 4 unspecified atom stereocenters. The molecule has 1 N–H and O–H groups in total. The Bertz CT molecular complexity index is 578. The number of hydrogen-bond acceptors (Lipinski definition) is 1. The minimum Gasteiger partial charge on any atom is -0.349 e. The highest BCUT2D eigenvalue weighted by atomic mass is 35.5. The summed E-state index contributed by atoms with van der Waals surface area (Å²) >= 11 is 6.65. The van der Waals surface area contributed by atoms with Gasteiger partial charge in [0.25, 0.3) is 0 Å². The van der Waals surface area contributed by atoms with Crippen molar-refractivity contribution in [3.05, 3.63) is 53.6 Å². The number of alkyl halides is 1. The van der Waals surface area contributed by atoms with Crippen LogP contribution >= 0.6 is 11.6 Å². The van der Waals surface area contributed by atoms with Crippen LogP contribution in [0.1, 0.15) is 29.3 Å². The van der Waals surface area contributed by atoms with Crippen LogP contribution in [0.4, 0.5) is 0 Å². The Labute approximate surface area is 118 Å². The molecule has 4 atom stereocenters. The Balaban J connectivity index is 1.54. The fraction of sp³-hybridized carbons (Fsp3) is 0.438. The third kappa shape index (κ3) is 1.90. The van der Waals surface area contributed by atoms with Crippen LogP contribution in [-0.4, -0.2) is 15.3 Å². The third-order valence-corrected chi connectivity index (χ3v) is 5.20. The Morgan fingerprint density at radius 3 is 3.11 bits per heavy atom. The number of H-pyrrole nitrogens is 1. The average molecular weight is 273 g/mol. The number of aryl methyl sites for hydroxylation is 1. The molecular formula is C16H17ClN2. The van der Waals surface area contributed by atoms with E-state index in [1.165, 1.54) is 18.4 Å². The zero-order valence-electron chi connectivity index (χ0n) is 10.7. The Morgan fingerprint density at radius 1 is 1.37 bits per heavy atom. The van der Waals surface area contributed by atoms with E-state index in [1.54, 1.807) is 11.8 Å².